The second kappa shape index (κ2) is 41.4. The van der Waals surface area contributed by atoms with E-state index in [-0.39, 0.29) is 69.9 Å². The first-order valence-electron chi connectivity index (χ1n) is 28.7. The van der Waals surface area contributed by atoms with Crippen LogP contribution in [0.25, 0.3) is 0 Å². The van der Waals surface area contributed by atoms with Gasteiger partial charge in [-0.2, -0.15) is 9.97 Å². The monoisotopic (exact) mass is 1080 g/mol. The maximum absolute atomic E-state index is 13.0. The lowest BCUT2D eigenvalue weighted by atomic mass is 10.1. The Bertz CT molecular complexity index is 2040. The van der Waals surface area contributed by atoms with E-state index in [1.54, 1.807) is 31.4 Å². The van der Waals surface area contributed by atoms with Crippen LogP contribution in [-0.4, -0.2) is 91.4 Å². The molecule has 0 saturated carbocycles. The molecule has 0 bridgehead atoms. The van der Waals surface area contributed by atoms with E-state index in [1.807, 2.05) is 0 Å². The molecule has 1 aromatic carbocycles. The number of amides is 2. The minimum Gasteiger partial charge on any atom is -0.462 e. The van der Waals surface area contributed by atoms with E-state index in [2.05, 4.69) is 53.4 Å². The number of allylic oxidation sites excluding steroid dienone is 4. The molecule has 0 fully saturated rings. The number of benzene rings is 1. The van der Waals surface area contributed by atoms with Crippen LogP contribution in [-0.2, 0) is 55.2 Å². The zero-order chi connectivity index (χ0) is 54.9. The van der Waals surface area contributed by atoms with Crippen molar-refractivity contribution in [1.82, 2.24) is 15.3 Å². The Hall–Kier alpha value is -4.67. The zero-order valence-electron chi connectivity index (χ0n) is 46.5. The first-order valence-corrected chi connectivity index (χ1v) is 30.2. The van der Waals surface area contributed by atoms with Crippen molar-refractivity contribution in [3.05, 3.63) is 65.3 Å². The Labute approximate surface area is 454 Å². The number of phosphoric ester groups is 1. The standard InChI is InChI=1S/C58H94N5O12P/c1-4-6-8-10-12-14-16-18-20-22-24-26-28-30-32-34-53(65)72-46-50(75-54(66)35-33-31-29-27-25-23-21-19-17-15-13-11-9-7-5-2)47-74-76(68,69)73-41-40-60-57(67)49-38-36-48(37-39-49)45-63-52(64)44-51-55(59)61-58(62-56(51)63)71-43-42-70-3/h18-21,36-39,50H,4-17,22-35,40-47H2,1-3H3,(H,60,67)(H,68,69)(H2,59,61,62)/b20-18-,21-19-. The van der Waals surface area contributed by atoms with Crippen LogP contribution in [0, 0.1) is 0 Å². The molecule has 2 atom stereocenters. The Balaban J connectivity index is 1.40. The smallest absolute Gasteiger partial charge is 0.462 e. The number of fused-ring (bicyclic) bond motifs is 1. The summed E-state index contributed by atoms with van der Waals surface area (Å²) in [5.41, 5.74) is 7.65. The molecule has 0 spiro atoms. The van der Waals surface area contributed by atoms with Gasteiger partial charge in [-0.05, 0) is 81.9 Å². The van der Waals surface area contributed by atoms with Gasteiger partial charge in [-0.15, -0.1) is 0 Å². The first kappa shape index (κ1) is 65.6. The van der Waals surface area contributed by atoms with Gasteiger partial charge in [0.2, 0.25) is 5.91 Å². The van der Waals surface area contributed by atoms with E-state index < -0.39 is 38.4 Å². The number of aromatic nitrogens is 2. The molecule has 18 heteroatoms. The molecule has 0 saturated heterocycles. The van der Waals surface area contributed by atoms with Gasteiger partial charge in [-0.25, -0.2) is 4.57 Å². The third-order valence-corrected chi connectivity index (χ3v) is 14.0. The summed E-state index contributed by atoms with van der Waals surface area (Å²) in [6, 6.07) is 6.61. The number of ether oxygens (including phenoxy) is 4. The molecule has 0 radical (unpaired) electrons. The van der Waals surface area contributed by atoms with Crippen LogP contribution in [0.5, 0.6) is 6.01 Å². The molecule has 2 aromatic rings. The summed E-state index contributed by atoms with van der Waals surface area (Å²) in [5.74, 6) is -1.12. The summed E-state index contributed by atoms with van der Waals surface area (Å²) in [5, 5.41) is 2.64. The second-order valence-electron chi connectivity index (χ2n) is 19.7. The molecule has 428 valence electrons. The number of nitrogens with zero attached hydrogens (tertiary/aromatic N) is 3. The quantitative estimate of drug-likeness (QED) is 0.0242. The fourth-order valence-corrected chi connectivity index (χ4v) is 9.31. The van der Waals surface area contributed by atoms with Crippen LogP contribution >= 0.6 is 7.82 Å². The number of nitrogens with one attached hydrogen (secondary N) is 1. The largest absolute Gasteiger partial charge is 0.472 e. The average Bonchev–Trinajstić information content (AvgIpc) is 3.74. The van der Waals surface area contributed by atoms with Crippen LogP contribution in [0.4, 0.5) is 11.6 Å². The number of esters is 2. The topological polar surface area (TPSA) is 228 Å². The lowest BCUT2D eigenvalue weighted by molar-refractivity contribution is -0.161. The molecule has 0 aliphatic carbocycles. The van der Waals surface area contributed by atoms with Crippen molar-refractivity contribution in [3.63, 3.8) is 0 Å². The number of hydrogen-bond acceptors (Lipinski definition) is 14. The lowest BCUT2D eigenvalue weighted by Crippen LogP contribution is -2.30. The van der Waals surface area contributed by atoms with Crippen LogP contribution in [0.3, 0.4) is 0 Å². The van der Waals surface area contributed by atoms with E-state index in [4.69, 9.17) is 33.7 Å². The third kappa shape index (κ3) is 30.3. The van der Waals surface area contributed by atoms with E-state index in [0.29, 0.717) is 36.4 Å². The van der Waals surface area contributed by atoms with Crippen LogP contribution in [0.1, 0.15) is 215 Å². The van der Waals surface area contributed by atoms with Gasteiger partial charge in [-0.1, -0.05) is 153 Å². The van der Waals surface area contributed by atoms with Crippen molar-refractivity contribution in [2.24, 2.45) is 0 Å². The van der Waals surface area contributed by atoms with Crippen molar-refractivity contribution in [2.75, 3.05) is 57.3 Å². The number of methoxy groups -OCH3 is 1. The molecule has 1 aromatic heterocycles. The maximum Gasteiger partial charge on any atom is 0.472 e. The molecule has 1 aliphatic heterocycles. The number of hydrogen-bond donors (Lipinski definition) is 3. The van der Waals surface area contributed by atoms with Crippen molar-refractivity contribution < 1.29 is 56.6 Å². The molecule has 2 heterocycles. The molecular weight excluding hydrogens is 990 g/mol. The molecule has 1 aliphatic rings. The van der Waals surface area contributed by atoms with E-state index in [9.17, 15) is 28.6 Å². The SMILES string of the molecule is CCCCCCCC/C=C\CCCCCCCC(=O)OCC(COP(=O)(O)OCCNC(=O)c1ccc(CN2C(=O)Cc3c(N)nc(OCCOC)nc32)cc1)OC(=O)CCCCCCC/C=C\CCCCCCCC. The van der Waals surface area contributed by atoms with Crippen molar-refractivity contribution in [2.45, 2.75) is 213 Å². The van der Waals surface area contributed by atoms with Gasteiger partial charge in [0.1, 0.15) is 24.8 Å². The Kier molecular flexibility index (Phi) is 35.8. The molecule has 3 rings (SSSR count). The number of carbonyl (C=O) groups is 4. The maximum atomic E-state index is 13.0. The Morgan fingerprint density at radius 1 is 0.697 bits per heavy atom. The van der Waals surface area contributed by atoms with E-state index in [1.165, 1.54) is 81.9 Å². The average molecular weight is 1080 g/mol. The lowest BCUT2D eigenvalue weighted by Gasteiger charge is -2.20. The van der Waals surface area contributed by atoms with Gasteiger partial charge in [0.05, 0.1) is 32.8 Å². The van der Waals surface area contributed by atoms with E-state index >= 15 is 0 Å². The highest BCUT2D eigenvalue weighted by atomic mass is 31.2. The first-order chi connectivity index (χ1) is 37.0. The van der Waals surface area contributed by atoms with Crippen LogP contribution < -0.4 is 20.7 Å². The highest BCUT2D eigenvalue weighted by Gasteiger charge is 2.32. The number of anilines is 2. The van der Waals surface area contributed by atoms with Gasteiger partial charge in [-0.3, -0.25) is 33.1 Å². The summed E-state index contributed by atoms with van der Waals surface area (Å²) < 4.78 is 44.8. The molecule has 4 N–H and O–H groups in total. The van der Waals surface area contributed by atoms with Gasteiger partial charge >= 0.3 is 25.8 Å². The summed E-state index contributed by atoms with van der Waals surface area (Å²) in [7, 11) is -3.14. The predicted molar refractivity (Wildman–Crippen MR) is 299 cm³/mol. The molecular formula is C58H94N5O12P. The summed E-state index contributed by atoms with van der Waals surface area (Å²) in [6.45, 7) is 3.78. The zero-order valence-corrected chi connectivity index (χ0v) is 47.4. The van der Waals surface area contributed by atoms with Gasteiger partial charge in [0, 0.05) is 37.6 Å². The number of rotatable bonds is 47. The minimum absolute atomic E-state index is 0.0365. The predicted octanol–water partition coefficient (Wildman–Crippen LogP) is 12.6. The fraction of sp³-hybridized carbons (Fsp3) is 0.690. The fourth-order valence-electron chi connectivity index (χ4n) is 8.56. The second-order valence-corrected chi connectivity index (χ2v) is 21.2. The minimum atomic E-state index is -4.69. The molecule has 76 heavy (non-hydrogen) atoms. The number of unbranched alkanes of at least 4 members (excludes halogenated alkanes) is 22. The van der Waals surface area contributed by atoms with Gasteiger partial charge in [0.15, 0.2) is 6.10 Å². The number of phosphoric acid groups is 1. The number of carbonyl (C=O) groups excluding carboxylic acids is 4. The molecule has 2 unspecified atom stereocenters. The summed E-state index contributed by atoms with van der Waals surface area (Å²) >= 11 is 0. The van der Waals surface area contributed by atoms with Crippen LogP contribution in [0.15, 0.2) is 48.6 Å². The number of nitrogens with two attached hydrogens (primary N) is 1. The normalized spacial score (nSPS) is 13.6. The van der Waals surface area contributed by atoms with Gasteiger partial charge < -0.3 is 34.9 Å². The molecule has 2 amide bonds. The highest BCUT2D eigenvalue weighted by Crippen LogP contribution is 2.43. The van der Waals surface area contributed by atoms with Crippen molar-refractivity contribution in [3.8, 4) is 6.01 Å². The van der Waals surface area contributed by atoms with Crippen molar-refractivity contribution in [1.29, 1.82) is 0 Å². The highest BCUT2D eigenvalue weighted by molar-refractivity contribution is 7.47. The molecule has 17 nitrogen and oxygen atoms in total. The van der Waals surface area contributed by atoms with E-state index in [0.717, 1.165) is 82.6 Å². The third-order valence-electron chi connectivity index (χ3n) is 13.0. The van der Waals surface area contributed by atoms with Crippen molar-refractivity contribution >= 4 is 43.2 Å². The Morgan fingerprint density at radius 2 is 1.22 bits per heavy atom. The summed E-state index contributed by atoms with van der Waals surface area (Å²) in [6.07, 6.45) is 38.0. The Morgan fingerprint density at radius 3 is 1.78 bits per heavy atom. The number of nitrogen functional groups attached to an aromatic ring is 1. The van der Waals surface area contributed by atoms with Gasteiger partial charge in [0.25, 0.3) is 5.91 Å². The van der Waals surface area contributed by atoms with Crippen LogP contribution in [0.2, 0.25) is 0 Å². The summed E-state index contributed by atoms with van der Waals surface area (Å²) in [4.78, 5) is 72.1.